The molecule has 1 aliphatic rings. The highest BCUT2D eigenvalue weighted by atomic mass is 16.6. The van der Waals surface area contributed by atoms with Crippen LogP contribution in [0.2, 0.25) is 0 Å². The first-order valence-corrected chi connectivity index (χ1v) is 9.48. The topological polar surface area (TPSA) is 76.0 Å². The second-order valence-corrected chi connectivity index (χ2v) is 7.14. The van der Waals surface area contributed by atoms with Crippen LogP contribution in [0.3, 0.4) is 0 Å². The van der Waals surface area contributed by atoms with Crippen LogP contribution < -0.4 is 0 Å². The monoisotopic (exact) mass is 371 g/mol. The van der Waals surface area contributed by atoms with E-state index in [0.717, 1.165) is 22.3 Å². The molecule has 5 heteroatoms. The highest BCUT2D eigenvalue weighted by Gasteiger charge is 2.33. The van der Waals surface area contributed by atoms with Gasteiger partial charge in [-0.25, -0.2) is 0 Å². The van der Waals surface area contributed by atoms with Gasteiger partial charge in [-0.05, 0) is 69.2 Å². The van der Waals surface area contributed by atoms with Crippen molar-refractivity contribution in [2.24, 2.45) is 5.16 Å². The van der Waals surface area contributed by atoms with Gasteiger partial charge in [0.25, 0.3) is 0 Å². The lowest BCUT2D eigenvalue weighted by Crippen LogP contribution is -2.25. The van der Waals surface area contributed by atoms with Gasteiger partial charge < -0.3 is 9.94 Å². The summed E-state index contributed by atoms with van der Waals surface area (Å²) >= 11 is 0. The molecular formula is C22H29NO4. The maximum absolute atomic E-state index is 12.8. The van der Waals surface area contributed by atoms with E-state index < -0.39 is 0 Å². The summed E-state index contributed by atoms with van der Waals surface area (Å²) in [5, 5.41) is 14.6. The summed E-state index contributed by atoms with van der Waals surface area (Å²) < 4.78 is 0. The Morgan fingerprint density at radius 1 is 1.22 bits per heavy atom. The third kappa shape index (κ3) is 4.12. The Labute approximate surface area is 161 Å². The number of ketones is 2. The number of carbonyl (C=O) groups excluding carboxylic acids is 2. The lowest BCUT2D eigenvalue weighted by molar-refractivity contribution is -0.116. The molecule has 146 valence electrons. The third-order valence-electron chi connectivity index (χ3n) is 5.16. The largest absolute Gasteiger partial charge is 0.511 e. The van der Waals surface area contributed by atoms with E-state index in [1.54, 1.807) is 6.92 Å². The summed E-state index contributed by atoms with van der Waals surface area (Å²) in [6, 6.07) is 1.99. The molecule has 0 bridgehead atoms. The number of aliphatic hydroxyl groups excluding tert-OH is 1. The second-order valence-electron chi connectivity index (χ2n) is 7.14. The SMILES string of the molecule is CCO/N=C(\CC)C1=C(O)CC(c2c(C)cc(C)c(C(C)=O)c2C)CC1=O. The van der Waals surface area contributed by atoms with Crippen molar-refractivity contribution in [2.45, 2.75) is 66.7 Å². The van der Waals surface area contributed by atoms with Gasteiger partial charge in [-0.2, -0.15) is 0 Å². The van der Waals surface area contributed by atoms with E-state index in [9.17, 15) is 14.7 Å². The zero-order valence-electron chi connectivity index (χ0n) is 17.1. The molecule has 0 amide bonds. The Morgan fingerprint density at radius 3 is 2.41 bits per heavy atom. The molecule has 0 fully saturated rings. The average Bonchev–Trinajstić information content (AvgIpc) is 2.56. The molecule has 5 nitrogen and oxygen atoms in total. The number of Topliss-reactive ketones (excluding diaryl/α,β-unsaturated/α-hetero) is 2. The van der Waals surface area contributed by atoms with Crippen LogP contribution >= 0.6 is 0 Å². The molecule has 1 aliphatic carbocycles. The normalized spacial score (nSPS) is 18.1. The van der Waals surface area contributed by atoms with Gasteiger partial charge in [-0.3, -0.25) is 9.59 Å². The summed E-state index contributed by atoms with van der Waals surface area (Å²) in [5.74, 6) is -0.204. The summed E-state index contributed by atoms with van der Waals surface area (Å²) in [6.07, 6.45) is 1.15. The van der Waals surface area contributed by atoms with Gasteiger partial charge in [-0.15, -0.1) is 0 Å². The van der Waals surface area contributed by atoms with E-state index in [0.29, 0.717) is 30.7 Å². The van der Waals surface area contributed by atoms with Crippen LogP contribution in [0.1, 0.15) is 78.6 Å². The molecule has 27 heavy (non-hydrogen) atoms. The van der Waals surface area contributed by atoms with Crippen molar-refractivity contribution < 1.29 is 19.5 Å². The van der Waals surface area contributed by atoms with E-state index >= 15 is 0 Å². The van der Waals surface area contributed by atoms with Crippen molar-refractivity contribution in [3.8, 4) is 0 Å². The average molecular weight is 371 g/mol. The number of hydrogen-bond acceptors (Lipinski definition) is 5. The molecule has 1 N–H and O–H groups in total. The molecular weight excluding hydrogens is 342 g/mol. The van der Waals surface area contributed by atoms with Gasteiger partial charge in [-0.1, -0.05) is 18.1 Å². The van der Waals surface area contributed by atoms with Crippen LogP contribution in [0.5, 0.6) is 0 Å². The summed E-state index contributed by atoms with van der Waals surface area (Å²) in [5.41, 5.74) is 5.38. The Morgan fingerprint density at radius 2 is 1.89 bits per heavy atom. The maximum Gasteiger partial charge on any atom is 0.168 e. The fourth-order valence-corrected chi connectivity index (χ4v) is 4.23. The zero-order valence-corrected chi connectivity index (χ0v) is 17.1. The second kappa shape index (κ2) is 8.51. The highest BCUT2D eigenvalue weighted by Crippen LogP contribution is 2.39. The number of carbonyl (C=O) groups is 2. The predicted octanol–water partition coefficient (Wildman–Crippen LogP) is 4.88. The van der Waals surface area contributed by atoms with Gasteiger partial charge in [0.05, 0.1) is 11.3 Å². The van der Waals surface area contributed by atoms with Crippen LogP contribution in [0.25, 0.3) is 0 Å². The molecule has 0 spiro atoms. The number of benzene rings is 1. The molecule has 1 aromatic carbocycles. The van der Waals surface area contributed by atoms with E-state index in [-0.39, 0.29) is 35.2 Å². The Kier molecular flexibility index (Phi) is 6.58. The van der Waals surface area contributed by atoms with Crippen LogP contribution in [-0.2, 0) is 9.63 Å². The lowest BCUT2D eigenvalue weighted by Gasteiger charge is -2.28. The number of rotatable bonds is 6. The van der Waals surface area contributed by atoms with Crippen LogP contribution in [0.4, 0.5) is 0 Å². The zero-order chi connectivity index (χ0) is 20.3. The molecule has 0 saturated heterocycles. The Balaban J connectivity index is 2.50. The van der Waals surface area contributed by atoms with Gasteiger partial charge in [0.2, 0.25) is 0 Å². The minimum Gasteiger partial charge on any atom is -0.511 e. The summed E-state index contributed by atoms with van der Waals surface area (Å²) in [6.45, 7) is 11.5. The number of hydrogen-bond donors (Lipinski definition) is 1. The van der Waals surface area contributed by atoms with Crippen LogP contribution in [-0.4, -0.2) is 29.0 Å². The molecule has 1 aromatic rings. The van der Waals surface area contributed by atoms with Gasteiger partial charge in [0, 0.05) is 18.4 Å². The van der Waals surface area contributed by atoms with Crippen molar-refractivity contribution in [1.29, 1.82) is 0 Å². The fourth-order valence-electron chi connectivity index (χ4n) is 4.23. The molecule has 2 rings (SSSR count). The van der Waals surface area contributed by atoms with Crippen LogP contribution in [0, 0.1) is 20.8 Å². The van der Waals surface area contributed by atoms with Gasteiger partial charge in [0.1, 0.15) is 12.4 Å². The molecule has 0 heterocycles. The summed E-state index contributed by atoms with van der Waals surface area (Å²) in [7, 11) is 0. The quantitative estimate of drug-likeness (QED) is 0.439. The third-order valence-corrected chi connectivity index (χ3v) is 5.16. The van der Waals surface area contributed by atoms with Crippen molar-refractivity contribution >= 4 is 17.3 Å². The molecule has 1 unspecified atom stereocenters. The smallest absolute Gasteiger partial charge is 0.168 e. The Bertz CT molecular complexity index is 833. The van der Waals surface area contributed by atoms with E-state index in [1.807, 2.05) is 40.7 Å². The van der Waals surface area contributed by atoms with Crippen molar-refractivity contribution in [1.82, 2.24) is 0 Å². The first-order chi connectivity index (χ1) is 12.7. The number of nitrogens with zero attached hydrogens (tertiary/aromatic N) is 1. The Hall–Kier alpha value is -2.43. The number of aryl methyl sites for hydroxylation is 2. The molecule has 0 saturated carbocycles. The number of allylic oxidation sites excluding steroid dienone is 2. The van der Waals surface area contributed by atoms with Crippen molar-refractivity contribution in [3.63, 3.8) is 0 Å². The van der Waals surface area contributed by atoms with E-state index in [4.69, 9.17) is 4.84 Å². The first-order valence-electron chi connectivity index (χ1n) is 9.48. The van der Waals surface area contributed by atoms with Crippen LogP contribution in [0.15, 0.2) is 22.6 Å². The molecule has 1 atom stereocenters. The number of aliphatic hydroxyl groups is 1. The van der Waals surface area contributed by atoms with E-state index in [2.05, 4.69) is 5.16 Å². The van der Waals surface area contributed by atoms with Crippen molar-refractivity contribution in [2.75, 3.05) is 6.61 Å². The first kappa shape index (κ1) is 20.9. The van der Waals surface area contributed by atoms with E-state index in [1.165, 1.54) is 0 Å². The summed E-state index contributed by atoms with van der Waals surface area (Å²) in [4.78, 5) is 30.0. The fraction of sp³-hybridized carbons (Fsp3) is 0.500. The number of oxime groups is 1. The predicted molar refractivity (Wildman–Crippen MR) is 107 cm³/mol. The van der Waals surface area contributed by atoms with Gasteiger partial charge >= 0.3 is 0 Å². The van der Waals surface area contributed by atoms with Gasteiger partial charge in [0.15, 0.2) is 11.6 Å². The van der Waals surface area contributed by atoms with Crippen molar-refractivity contribution in [3.05, 3.63) is 45.2 Å². The molecule has 0 aliphatic heterocycles. The maximum atomic E-state index is 12.8. The molecule has 0 radical (unpaired) electrons. The lowest BCUT2D eigenvalue weighted by atomic mass is 9.76. The minimum atomic E-state index is -0.148. The highest BCUT2D eigenvalue weighted by molar-refractivity contribution is 6.23. The minimum absolute atomic E-state index is 0.0194. The molecule has 0 aromatic heterocycles. The standard InChI is InChI=1S/C22H29NO4/c1-7-17(23-27-8-2)22-18(25)10-16(11-19(22)26)21-13(4)9-12(3)20(14(21)5)15(6)24/h9,16,25H,7-8,10-11H2,1-6H3/b23-17+.